The van der Waals surface area contributed by atoms with Crippen LogP contribution in [0.25, 0.3) is 0 Å². The monoisotopic (exact) mass is 237 g/mol. The molecule has 1 aromatic carbocycles. The minimum Gasteiger partial charge on any atom is -0.0784 e. The fourth-order valence-corrected chi connectivity index (χ4v) is 1.49. The van der Waals surface area contributed by atoms with Crippen LogP contribution in [-0.2, 0) is 3.79 Å². The Bertz CT molecular complexity index is 291. The number of hydrogen-bond donors (Lipinski definition) is 0. The summed E-state index contributed by atoms with van der Waals surface area (Å²) in [6.07, 6.45) is 0. The van der Waals surface area contributed by atoms with E-state index in [0.717, 1.165) is 0 Å². The van der Waals surface area contributed by atoms with Crippen LogP contribution in [0.1, 0.15) is 11.1 Å². The Morgan fingerprint density at radius 1 is 1.17 bits per heavy atom. The first-order valence-corrected chi connectivity index (χ1v) is 4.64. The van der Waals surface area contributed by atoms with E-state index in [-0.39, 0.29) is 0 Å². The van der Waals surface area contributed by atoms with Crippen LogP contribution in [0.4, 0.5) is 0 Å². The van der Waals surface area contributed by atoms with Gasteiger partial charge in [0.25, 0.3) is 0 Å². The van der Waals surface area contributed by atoms with Gasteiger partial charge in [-0.15, -0.1) is 0 Å². The molecule has 0 saturated heterocycles. The van der Waals surface area contributed by atoms with Crippen molar-refractivity contribution in [3.8, 4) is 0 Å². The van der Waals surface area contributed by atoms with Crippen LogP contribution in [-0.4, -0.2) is 5.37 Å². The summed E-state index contributed by atoms with van der Waals surface area (Å²) in [5.41, 5.74) is 1.21. The molecule has 4 heteroatoms. The summed E-state index contributed by atoms with van der Waals surface area (Å²) >= 11 is 21.7. The summed E-state index contributed by atoms with van der Waals surface area (Å²) in [6, 6.07) is 7.06. The summed E-state index contributed by atoms with van der Waals surface area (Å²) in [4.78, 5) is 0. The molecule has 0 aliphatic carbocycles. The molecule has 0 aliphatic rings. The maximum atomic E-state index is 5.69. The van der Waals surface area contributed by atoms with E-state index in [1.807, 2.05) is 6.07 Å². The SMILES string of the molecule is S=[C]c1ccccc1C(Cl)(Cl)Cl. The Hall–Kier alpha value is 0.180. The quantitative estimate of drug-likeness (QED) is 0.531. The standard InChI is InChI=1S/C8H4Cl3S/c9-8(10,11)7-4-2-1-3-6(7)5-12/h1-4H. The molecule has 1 aromatic rings. The number of alkyl halides is 3. The molecule has 0 nitrogen and oxygen atoms in total. The number of thiocarbonyl (C=S) groups is 1. The Labute approximate surface area is 91.4 Å². The molecule has 0 unspecified atom stereocenters. The minimum atomic E-state index is -1.43. The summed E-state index contributed by atoms with van der Waals surface area (Å²) < 4.78 is -1.43. The minimum absolute atomic E-state index is 0.560. The summed E-state index contributed by atoms with van der Waals surface area (Å²) in [5.74, 6) is 0. The van der Waals surface area contributed by atoms with E-state index in [9.17, 15) is 0 Å². The molecule has 0 saturated carbocycles. The van der Waals surface area contributed by atoms with E-state index < -0.39 is 3.79 Å². The molecule has 12 heavy (non-hydrogen) atoms. The third-order valence-corrected chi connectivity index (χ3v) is 2.17. The molecule has 1 rings (SSSR count). The van der Waals surface area contributed by atoms with E-state index in [1.165, 1.54) is 0 Å². The molecular weight excluding hydrogens is 235 g/mol. The predicted molar refractivity (Wildman–Crippen MR) is 57.4 cm³/mol. The van der Waals surface area contributed by atoms with Crippen LogP contribution in [0.15, 0.2) is 24.3 Å². The zero-order valence-corrected chi connectivity index (χ0v) is 8.94. The van der Waals surface area contributed by atoms with E-state index in [0.29, 0.717) is 11.1 Å². The second-order valence-electron chi connectivity index (χ2n) is 2.15. The molecule has 0 fully saturated rings. The van der Waals surface area contributed by atoms with Crippen molar-refractivity contribution in [3.05, 3.63) is 35.4 Å². The number of hydrogen-bond acceptors (Lipinski definition) is 1. The highest BCUT2D eigenvalue weighted by atomic mass is 35.6. The lowest BCUT2D eigenvalue weighted by atomic mass is 10.1. The van der Waals surface area contributed by atoms with E-state index in [4.69, 9.17) is 34.8 Å². The highest BCUT2D eigenvalue weighted by molar-refractivity contribution is 7.79. The zero-order valence-electron chi connectivity index (χ0n) is 5.85. The third-order valence-electron chi connectivity index (χ3n) is 1.34. The smallest absolute Gasteiger partial charge is 0.0784 e. The Morgan fingerprint density at radius 2 is 1.75 bits per heavy atom. The average Bonchev–Trinajstić information content (AvgIpc) is 2.03. The van der Waals surface area contributed by atoms with Crippen LogP contribution >= 0.6 is 47.0 Å². The normalized spacial score (nSPS) is 11.2. The van der Waals surface area contributed by atoms with Crippen molar-refractivity contribution in [2.45, 2.75) is 3.79 Å². The fourth-order valence-electron chi connectivity index (χ4n) is 0.819. The maximum Gasteiger partial charge on any atom is 0.216 e. The van der Waals surface area contributed by atoms with Gasteiger partial charge in [0.05, 0.1) is 5.37 Å². The van der Waals surface area contributed by atoms with Crippen molar-refractivity contribution < 1.29 is 0 Å². The third kappa shape index (κ3) is 2.33. The van der Waals surface area contributed by atoms with Crippen molar-refractivity contribution in [1.82, 2.24) is 0 Å². The summed E-state index contributed by atoms with van der Waals surface area (Å²) in [6.45, 7) is 0. The largest absolute Gasteiger partial charge is 0.216 e. The van der Waals surface area contributed by atoms with Crippen LogP contribution in [0.5, 0.6) is 0 Å². The van der Waals surface area contributed by atoms with Crippen LogP contribution in [0, 0.1) is 0 Å². The zero-order chi connectivity index (χ0) is 9.19. The Kier molecular flexibility index (Phi) is 3.36. The van der Waals surface area contributed by atoms with Gasteiger partial charge in [-0.25, -0.2) is 0 Å². The van der Waals surface area contributed by atoms with Crippen LogP contribution in [0.3, 0.4) is 0 Å². The van der Waals surface area contributed by atoms with E-state index >= 15 is 0 Å². The van der Waals surface area contributed by atoms with Gasteiger partial charge in [-0.2, -0.15) is 0 Å². The van der Waals surface area contributed by atoms with Gasteiger partial charge in [-0.3, -0.25) is 0 Å². The molecule has 0 amide bonds. The first-order chi connectivity index (χ1) is 5.55. The van der Waals surface area contributed by atoms with Gasteiger partial charge in [0, 0.05) is 11.1 Å². The fraction of sp³-hybridized carbons (Fsp3) is 0.125. The highest BCUT2D eigenvalue weighted by Gasteiger charge is 2.24. The van der Waals surface area contributed by atoms with Gasteiger partial charge in [0.15, 0.2) is 0 Å². The molecule has 1 radical (unpaired) electrons. The van der Waals surface area contributed by atoms with Crippen molar-refractivity contribution in [3.63, 3.8) is 0 Å². The summed E-state index contributed by atoms with van der Waals surface area (Å²) in [5, 5.41) is 2.53. The Balaban J connectivity index is 3.23. The second kappa shape index (κ2) is 3.93. The average molecular weight is 239 g/mol. The lowest BCUT2D eigenvalue weighted by Crippen LogP contribution is -2.03. The first-order valence-electron chi connectivity index (χ1n) is 3.10. The molecular formula is C8H4Cl3S. The number of rotatable bonds is 1. The molecule has 0 aliphatic heterocycles. The van der Waals surface area contributed by atoms with Gasteiger partial charge >= 0.3 is 0 Å². The van der Waals surface area contributed by atoms with Gasteiger partial charge in [0.1, 0.15) is 0 Å². The first kappa shape index (κ1) is 10.3. The molecule has 63 valence electrons. The van der Waals surface area contributed by atoms with Crippen molar-refractivity contribution in [2.24, 2.45) is 0 Å². The van der Waals surface area contributed by atoms with Gasteiger partial charge in [-0.1, -0.05) is 71.3 Å². The molecule has 0 atom stereocenters. The number of halogens is 3. The van der Waals surface area contributed by atoms with E-state index in [1.54, 1.807) is 18.2 Å². The van der Waals surface area contributed by atoms with Crippen molar-refractivity contribution in [2.75, 3.05) is 0 Å². The molecule has 0 aromatic heterocycles. The maximum absolute atomic E-state index is 5.69. The van der Waals surface area contributed by atoms with Gasteiger partial charge in [0.2, 0.25) is 3.79 Å². The van der Waals surface area contributed by atoms with E-state index in [2.05, 4.69) is 17.6 Å². The lowest BCUT2D eigenvalue weighted by Gasteiger charge is -2.12. The molecule has 0 bridgehead atoms. The molecule has 0 heterocycles. The Morgan fingerprint density at radius 3 is 2.17 bits per heavy atom. The highest BCUT2D eigenvalue weighted by Crippen LogP contribution is 2.39. The molecule has 0 N–H and O–H groups in total. The second-order valence-corrected chi connectivity index (χ2v) is 4.63. The van der Waals surface area contributed by atoms with Gasteiger partial charge < -0.3 is 0 Å². The lowest BCUT2D eigenvalue weighted by molar-refractivity contribution is 1.24. The van der Waals surface area contributed by atoms with Crippen LogP contribution in [0.2, 0.25) is 0 Å². The topological polar surface area (TPSA) is 0 Å². The number of benzene rings is 1. The van der Waals surface area contributed by atoms with Crippen molar-refractivity contribution >= 4 is 52.4 Å². The predicted octanol–water partition coefficient (Wildman–Crippen LogP) is 3.74. The summed E-state index contributed by atoms with van der Waals surface area (Å²) in [7, 11) is 0. The molecule has 0 spiro atoms. The van der Waals surface area contributed by atoms with Crippen LogP contribution < -0.4 is 0 Å². The van der Waals surface area contributed by atoms with Crippen molar-refractivity contribution in [1.29, 1.82) is 0 Å². The van der Waals surface area contributed by atoms with Gasteiger partial charge in [-0.05, 0) is 0 Å².